The lowest BCUT2D eigenvalue weighted by Crippen LogP contribution is -2.17. The monoisotopic (exact) mass is 734 g/mol. The van der Waals surface area contributed by atoms with Gasteiger partial charge in [0.15, 0.2) is 0 Å². The topological polar surface area (TPSA) is 8.17 Å². The highest BCUT2D eigenvalue weighted by Gasteiger charge is 2.38. The normalized spacial score (nSPS) is 13.1. The van der Waals surface area contributed by atoms with Gasteiger partial charge in [0.1, 0.15) is 0 Å². The van der Waals surface area contributed by atoms with Crippen molar-refractivity contribution in [3.8, 4) is 39.1 Å². The molecule has 10 rings (SSSR count). The molecule has 9 aromatic rings. The van der Waals surface area contributed by atoms with Crippen LogP contribution in [0.25, 0.3) is 60.9 Å². The summed E-state index contributed by atoms with van der Waals surface area (Å²) in [5, 5.41) is 2.51. The summed E-state index contributed by atoms with van der Waals surface area (Å²) < 4.78 is 2.41. The third-order valence-corrected chi connectivity index (χ3v) is 12.2. The molecule has 1 aliphatic rings. The maximum Gasteiger partial charge on any atom is 0.0541 e. The van der Waals surface area contributed by atoms with Gasteiger partial charge in [-0.2, -0.15) is 0 Å². The molecule has 0 spiro atoms. The Kier molecular flexibility index (Phi) is 8.09. The second-order valence-electron chi connectivity index (χ2n) is 17.0. The van der Waals surface area contributed by atoms with Gasteiger partial charge in [-0.25, -0.2) is 0 Å². The molecule has 0 atom stereocenters. The Balaban J connectivity index is 1.19. The van der Waals surface area contributed by atoms with Gasteiger partial charge in [0.2, 0.25) is 0 Å². The van der Waals surface area contributed by atoms with E-state index in [-0.39, 0.29) is 10.8 Å². The van der Waals surface area contributed by atoms with E-state index in [2.05, 4.69) is 232 Å². The van der Waals surface area contributed by atoms with Gasteiger partial charge in [-0.3, -0.25) is 0 Å². The SMILES string of the molecule is CC(C)(C)c1ccc2c(c1)C(C)(C)c1cccc(-c3ccccc3N(c3ccc(-c4ccccc4)cc3)c3cccc(-n4c5ccccc5c5ccccc54)c3)c1-2. The van der Waals surface area contributed by atoms with Gasteiger partial charge in [0.25, 0.3) is 0 Å². The minimum Gasteiger partial charge on any atom is -0.310 e. The van der Waals surface area contributed by atoms with Crippen molar-refractivity contribution in [1.29, 1.82) is 0 Å². The van der Waals surface area contributed by atoms with Crippen LogP contribution in [0.4, 0.5) is 17.1 Å². The number of hydrogen-bond donors (Lipinski definition) is 0. The van der Waals surface area contributed by atoms with E-state index in [4.69, 9.17) is 0 Å². The van der Waals surface area contributed by atoms with Crippen molar-refractivity contribution >= 4 is 38.9 Å². The van der Waals surface area contributed by atoms with Crippen LogP contribution in [0.3, 0.4) is 0 Å². The van der Waals surface area contributed by atoms with Crippen LogP contribution >= 0.6 is 0 Å². The van der Waals surface area contributed by atoms with Crippen LogP contribution in [-0.2, 0) is 10.8 Å². The van der Waals surface area contributed by atoms with Crippen LogP contribution < -0.4 is 4.90 Å². The summed E-state index contributed by atoms with van der Waals surface area (Å²) >= 11 is 0. The Morgan fingerprint density at radius 2 is 1.07 bits per heavy atom. The average molecular weight is 735 g/mol. The number of para-hydroxylation sites is 3. The molecule has 276 valence electrons. The second kappa shape index (κ2) is 13.2. The summed E-state index contributed by atoms with van der Waals surface area (Å²) in [6.07, 6.45) is 0. The molecule has 0 aliphatic heterocycles. The van der Waals surface area contributed by atoms with Gasteiger partial charge in [-0.1, -0.05) is 174 Å². The van der Waals surface area contributed by atoms with Crippen LogP contribution in [0, 0.1) is 0 Å². The Hall–Kier alpha value is -6.64. The molecule has 1 aromatic heterocycles. The van der Waals surface area contributed by atoms with E-state index in [0.717, 1.165) is 22.7 Å². The highest BCUT2D eigenvalue weighted by Crippen LogP contribution is 2.54. The van der Waals surface area contributed by atoms with Gasteiger partial charge < -0.3 is 9.47 Å². The molecule has 0 amide bonds. The van der Waals surface area contributed by atoms with Gasteiger partial charge >= 0.3 is 0 Å². The summed E-state index contributed by atoms with van der Waals surface area (Å²) in [5.74, 6) is 0. The fraction of sp³-hybridized carbons (Fsp3) is 0.127. The second-order valence-corrected chi connectivity index (χ2v) is 17.0. The van der Waals surface area contributed by atoms with Crippen LogP contribution in [0.2, 0.25) is 0 Å². The van der Waals surface area contributed by atoms with E-state index in [9.17, 15) is 0 Å². The van der Waals surface area contributed by atoms with Crippen molar-refractivity contribution in [1.82, 2.24) is 4.57 Å². The molecule has 2 nitrogen and oxygen atoms in total. The number of rotatable bonds is 6. The number of nitrogens with zero attached hydrogens (tertiary/aromatic N) is 2. The summed E-state index contributed by atoms with van der Waals surface area (Å²) in [6, 6.07) is 69.3. The predicted octanol–water partition coefficient (Wildman–Crippen LogP) is 15.2. The number of hydrogen-bond acceptors (Lipinski definition) is 1. The van der Waals surface area contributed by atoms with Crippen LogP contribution in [-0.4, -0.2) is 4.57 Å². The van der Waals surface area contributed by atoms with Gasteiger partial charge in [0.05, 0.1) is 16.7 Å². The molecular formula is C55H46N2. The van der Waals surface area contributed by atoms with Crippen molar-refractivity contribution < 1.29 is 0 Å². The van der Waals surface area contributed by atoms with Gasteiger partial charge in [0, 0.05) is 38.8 Å². The lowest BCUT2D eigenvalue weighted by atomic mass is 9.79. The molecule has 2 heteroatoms. The lowest BCUT2D eigenvalue weighted by Gasteiger charge is -2.29. The number of fused-ring (bicyclic) bond motifs is 6. The Labute approximate surface area is 336 Å². The van der Waals surface area contributed by atoms with E-state index in [0.29, 0.717) is 0 Å². The van der Waals surface area contributed by atoms with Crippen molar-refractivity contribution in [3.05, 3.63) is 205 Å². The van der Waals surface area contributed by atoms with E-state index in [1.807, 2.05) is 0 Å². The third-order valence-electron chi connectivity index (χ3n) is 12.2. The first kappa shape index (κ1) is 34.8. The smallest absolute Gasteiger partial charge is 0.0541 e. The molecule has 0 radical (unpaired) electrons. The Morgan fingerprint density at radius 1 is 0.456 bits per heavy atom. The van der Waals surface area contributed by atoms with Crippen LogP contribution in [0.5, 0.6) is 0 Å². The molecule has 0 fully saturated rings. The zero-order valence-electron chi connectivity index (χ0n) is 33.3. The van der Waals surface area contributed by atoms with Gasteiger partial charge in [-0.05, 0) is 98.5 Å². The lowest BCUT2D eigenvalue weighted by molar-refractivity contribution is 0.584. The maximum absolute atomic E-state index is 2.46. The maximum atomic E-state index is 2.46. The van der Waals surface area contributed by atoms with Crippen molar-refractivity contribution in [3.63, 3.8) is 0 Å². The van der Waals surface area contributed by atoms with Gasteiger partial charge in [-0.15, -0.1) is 0 Å². The largest absolute Gasteiger partial charge is 0.310 e. The molecule has 0 N–H and O–H groups in total. The molecule has 0 saturated heterocycles. The van der Waals surface area contributed by atoms with Crippen molar-refractivity contribution in [2.75, 3.05) is 4.90 Å². The molecule has 1 aliphatic carbocycles. The highest BCUT2D eigenvalue weighted by atomic mass is 15.1. The zero-order valence-corrected chi connectivity index (χ0v) is 33.3. The van der Waals surface area contributed by atoms with Crippen LogP contribution in [0.15, 0.2) is 188 Å². The van der Waals surface area contributed by atoms with Crippen molar-refractivity contribution in [2.45, 2.75) is 45.4 Å². The fourth-order valence-corrected chi connectivity index (χ4v) is 9.21. The number of aromatic nitrogens is 1. The first-order valence-corrected chi connectivity index (χ1v) is 20.1. The standard InChI is InChI=1S/C55H46N2/c1-54(2,3)39-31-34-47-49(35-39)55(4,5)48-25-16-24-46(53(47)48)45-23-11-12-26-50(45)56(40-32-29-38(30-33-40)37-17-7-6-8-18-37)41-19-15-20-42(36-41)57-51-27-13-9-21-43(51)44-22-10-14-28-52(44)57/h6-36H,1-5H3. The quantitative estimate of drug-likeness (QED) is 0.165. The minimum absolute atomic E-state index is 0.0691. The van der Waals surface area contributed by atoms with E-state index >= 15 is 0 Å². The molecule has 8 aromatic carbocycles. The molecule has 0 bridgehead atoms. The average Bonchev–Trinajstić information content (AvgIpc) is 3.70. The number of anilines is 3. The summed E-state index contributed by atoms with van der Waals surface area (Å²) in [5.41, 5.74) is 18.5. The van der Waals surface area contributed by atoms with Crippen molar-refractivity contribution in [2.24, 2.45) is 0 Å². The van der Waals surface area contributed by atoms with Crippen LogP contribution in [0.1, 0.15) is 51.3 Å². The summed E-state index contributed by atoms with van der Waals surface area (Å²) in [4.78, 5) is 2.45. The fourth-order valence-electron chi connectivity index (χ4n) is 9.21. The first-order chi connectivity index (χ1) is 27.7. The molecule has 1 heterocycles. The summed E-state index contributed by atoms with van der Waals surface area (Å²) in [6.45, 7) is 11.7. The Bertz CT molecular complexity index is 2900. The molecule has 0 unspecified atom stereocenters. The number of benzene rings is 8. The first-order valence-electron chi connectivity index (χ1n) is 20.1. The van der Waals surface area contributed by atoms with E-state index in [1.165, 1.54) is 71.9 Å². The third kappa shape index (κ3) is 5.70. The van der Waals surface area contributed by atoms with E-state index in [1.54, 1.807) is 0 Å². The highest BCUT2D eigenvalue weighted by molar-refractivity contribution is 6.09. The minimum atomic E-state index is -0.125. The van der Waals surface area contributed by atoms with E-state index < -0.39 is 0 Å². The summed E-state index contributed by atoms with van der Waals surface area (Å²) in [7, 11) is 0. The Morgan fingerprint density at radius 3 is 1.79 bits per heavy atom. The molecule has 57 heavy (non-hydrogen) atoms. The molecular weight excluding hydrogens is 689 g/mol. The zero-order chi connectivity index (χ0) is 38.9. The predicted molar refractivity (Wildman–Crippen MR) is 243 cm³/mol. The molecule has 0 saturated carbocycles.